The fraction of sp³-hybridized carbons (Fsp3) is 0.440. The summed E-state index contributed by atoms with van der Waals surface area (Å²) >= 11 is 0. The zero-order valence-corrected chi connectivity index (χ0v) is 18.9. The number of urea groups is 1. The van der Waals surface area contributed by atoms with Crippen molar-refractivity contribution in [2.45, 2.75) is 50.7 Å². The van der Waals surface area contributed by atoms with Crippen molar-refractivity contribution in [3.8, 4) is 5.88 Å². The van der Waals surface area contributed by atoms with Gasteiger partial charge in [-0.3, -0.25) is 14.5 Å². The Morgan fingerprint density at radius 1 is 1.27 bits per heavy atom. The van der Waals surface area contributed by atoms with Gasteiger partial charge in [-0.05, 0) is 55.2 Å². The molecule has 1 spiro atoms. The van der Waals surface area contributed by atoms with Gasteiger partial charge in [0, 0.05) is 24.8 Å². The summed E-state index contributed by atoms with van der Waals surface area (Å²) < 4.78 is 5.12. The van der Waals surface area contributed by atoms with E-state index in [4.69, 9.17) is 4.74 Å². The number of pyridine rings is 1. The standard InChI is InChI=1S/C25H28N4O4/c1-16(18-8-9-18)28(14-17-7-10-21(33-2)26-13-17)22(30)15-29-23(31)25(27-24(29)32)12-11-19-5-3-4-6-20(19)25/h3-7,10,13,16,18H,8-9,11-12,14-15H2,1-2H3,(H,27,32)/t16-,25?/m0/s1. The van der Waals surface area contributed by atoms with Crippen LogP contribution in [0.1, 0.15) is 42.9 Å². The van der Waals surface area contributed by atoms with Crippen molar-refractivity contribution >= 4 is 17.8 Å². The third kappa shape index (κ3) is 3.73. The summed E-state index contributed by atoms with van der Waals surface area (Å²) in [7, 11) is 1.56. The van der Waals surface area contributed by atoms with Crippen LogP contribution in [-0.2, 0) is 28.1 Å². The molecule has 1 saturated heterocycles. The predicted molar refractivity (Wildman–Crippen MR) is 120 cm³/mol. The van der Waals surface area contributed by atoms with Gasteiger partial charge in [-0.25, -0.2) is 9.78 Å². The van der Waals surface area contributed by atoms with E-state index in [1.165, 1.54) is 0 Å². The van der Waals surface area contributed by atoms with Gasteiger partial charge in [-0.1, -0.05) is 30.3 Å². The van der Waals surface area contributed by atoms with Gasteiger partial charge in [0.15, 0.2) is 0 Å². The number of rotatable bonds is 7. The molecule has 3 aliphatic rings. The van der Waals surface area contributed by atoms with E-state index in [9.17, 15) is 14.4 Å². The molecule has 33 heavy (non-hydrogen) atoms. The number of nitrogens with one attached hydrogen (secondary N) is 1. The summed E-state index contributed by atoms with van der Waals surface area (Å²) in [6.07, 6.45) is 5.08. The molecule has 2 heterocycles. The molecule has 1 saturated carbocycles. The largest absolute Gasteiger partial charge is 0.481 e. The van der Waals surface area contributed by atoms with Gasteiger partial charge in [0.05, 0.1) is 7.11 Å². The third-order valence-electron chi connectivity index (χ3n) is 7.19. The second-order valence-electron chi connectivity index (χ2n) is 9.19. The highest BCUT2D eigenvalue weighted by atomic mass is 16.5. The van der Waals surface area contributed by atoms with Crippen molar-refractivity contribution < 1.29 is 19.1 Å². The van der Waals surface area contributed by atoms with Crippen LogP contribution in [0.3, 0.4) is 0 Å². The van der Waals surface area contributed by atoms with Gasteiger partial charge in [0.25, 0.3) is 5.91 Å². The van der Waals surface area contributed by atoms with Crippen molar-refractivity contribution in [1.82, 2.24) is 20.1 Å². The normalized spacial score (nSPS) is 22.3. The molecule has 172 valence electrons. The first-order chi connectivity index (χ1) is 15.9. The number of amides is 4. The van der Waals surface area contributed by atoms with Crippen LogP contribution < -0.4 is 10.1 Å². The van der Waals surface area contributed by atoms with Gasteiger partial charge >= 0.3 is 6.03 Å². The number of carbonyl (C=O) groups excluding carboxylic acids is 3. The summed E-state index contributed by atoms with van der Waals surface area (Å²) in [5, 5.41) is 2.90. The molecule has 1 unspecified atom stereocenters. The summed E-state index contributed by atoms with van der Waals surface area (Å²) in [5.74, 6) is 0.373. The Morgan fingerprint density at radius 2 is 2.06 bits per heavy atom. The topological polar surface area (TPSA) is 91.8 Å². The molecular weight excluding hydrogens is 420 g/mol. The SMILES string of the molecule is COc1ccc(CN(C(=O)CN2C(=O)NC3(CCc4ccccc43)C2=O)[C@@H](C)C2CC2)cn1. The van der Waals surface area contributed by atoms with Crippen molar-refractivity contribution in [3.63, 3.8) is 0 Å². The lowest BCUT2D eigenvalue weighted by Gasteiger charge is -2.31. The molecule has 8 nitrogen and oxygen atoms in total. The first-order valence-electron chi connectivity index (χ1n) is 11.4. The fourth-order valence-electron chi connectivity index (χ4n) is 5.07. The van der Waals surface area contributed by atoms with E-state index >= 15 is 0 Å². The number of methoxy groups -OCH3 is 1. The molecule has 1 aromatic heterocycles. The molecule has 2 atom stereocenters. The van der Waals surface area contributed by atoms with E-state index in [0.717, 1.165) is 40.9 Å². The van der Waals surface area contributed by atoms with E-state index in [-0.39, 0.29) is 24.4 Å². The minimum atomic E-state index is -1.05. The number of aromatic nitrogens is 1. The van der Waals surface area contributed by atoms with Gasteiger partial charge in [-0.15, -0.1) is 0 Å². The molecule has 0 radical (unpaired) electrons. The van der Waals surface area contributed by atoms with E-state index in [2.05, 4.69) is 10.3 Å². The molecular formula is C25H28N4O4. The van der Waals surface area contributed by atoms with Crippen molar-refractivity contribution in [1.29, 1.82) is 0 Å². The third-order valence-corrected chi connectivity index (χ3v) is 7.19. The summed E-state index contributed by atoms with van der Waals surface area (Å²) in [6.45, 7) is 2.13. The van der Waals surface area contributed by atoms with Crippen molar-refractivity contribution in [2.75, 3.05) is 13.7 Å². The first kappa shape index (κ1) is 21.4. The Kier molecular flexibility index (Phi) is 5.31. The van der Waals surface area contributed by atoms with Crippen LogP contribution in [0.25, 0.3) is 0 Å². The average Bonchev–Trinajstić information content (AvgIpc) is 3.58. The molecule has 2 aromatic rings. The molecule has 2 aliphatic carbocycles. The van der Waals surface area contributed by atoms with Crippen LogP contribution in [0.5, 0.6) is 5.88 Å². The Bertz CT molecular complexity index is 1100. The number of imide groups is 1. The maximum atomic E-state index is 13.5. The van der Waals surface area contributed by atoms with Crippen molar-refractivity contribution in [3.05, 3.63) is 59.3 Å². The highest BCUT2D eigenvalue weighted by Gasteiger charge is 2.55. The lowest BCUT2D eigenvalue weighted by Crippen LogP contribution is -2.47. The van der Waals surface area contributed by atoms with Gasteiger partial charge in [-0.2, -0.15) is 0 Å². The maximum absolute atomic E-state index is 13.5. The number of aryl methyl sites for hydroxylation is 1. The molecule has 8 heteroatoms. The van der Waals surface area contributed by atoms with Crippen LogP contribution >= 0.6 is 0 Å². The molecule has 0 bridgehead atoms. The number of nitrogens with zero attached hydrogens (tertiary/aromatic N) is 3. The van der Waals surface area contributed by atoms with E-state index in [1.54, 1.807) is 24.3 Å². The Labute approximate surface area is 192 Å². The molecule has 1 aromatic carbocycles. The van der Waals surface area contributed by atoms with Gasteiger partial charge in [0.2, 0.25) is 11.8 Å². The number of carbonyl (C=O) groups is 3. The van der Waals surface area contributed by atoms with Gasteiger partial charge in [0.1, 0.15) is 12.1 Å². The minimum absolute atomic E-state index is 0.0153. The second kappa shape index (κ2) is 8.17. The number of hydrogen-bond donors (Lipinski definition) is 1. The maximum Gasteiger partial charge on any atom is 0.325 e. The van der Waals surface area contributed by atoms with Crippen LogP contribution in [0.4, 0.5) is 4.79 Å². The van der Waals surface area contributed by atoms with Crippen LogP contribution in [0.15, 0.2) is 42.6 Å². The number of hydrogen-bond acceptors (Lipinski definition) is 5. The number of ether oxygens (including phenoxy) is 1. The average molecular weight is 449 g/mol. The van der Waals surface area contributed by atoms with Gasteiger partial charge < -0.3 is 15.0 Å². The predicted octanol–water partition coefficient (Wildman–Crippen LogP) is 2.61. The molecule has 1 N–H and O–H groups in total. The summed E-state index contributed by atoms with van der Waals surface area (Å²) in [5.41, 5.74) is 1.72. The van der Waals surface area contributed by atoms with E-state index < -0.39 is 11.6 Å². The highest BCUT2D eigenvalue weighted by Crippen LogP contribution is 2.41. The second-order valence-corrected chi connectivity index (χ2v) is 9.19. The zero-order chi connectivity index (χ0) is 23.2. The fourth-order valence-corrected chi connectivity index (χ4v) is 5.07. The van der Waals surface area contributed by atoms with Crippen molar-refractivity contribution in [2.24, 2.45) is 5.92 Å². The van der Waals surface area contributed by atoms with Crippen LogP contribution in [-0.4, -0.2) is 52.3 Å². The summed E-state index contributed by atoms with van der Waals surface area (Å²) in [4.78, 5) is 46.9. The lowest BCUT2D eigenvalue weighted by molar-refractivity contribution is -0.141. The minimum Gasteiger partial charge on any atom is -0.481 e. The smallest absolute Gasteiger partial charge is 0.325 e. The Morgan fingerprint density at radius 3 is 2.76 bits per heavy atom. The first-order valence-corrected chi connectivity index (χ1v) is 11.4. The highest BCUT2D eigenvalue weighted by molar-refractivity contribution is 6.09. The molecule has 1 aliphatic heterocycles. The number of benzene rings is 1. The molecule has 2 fully saturated rings. The summed E-state index contributed by atoms with van der Waals surface area (Å²) in [6, 6.07) is 10.8. The van der Waals surface area contributed by atoms with Crippen LogP contribution in [0, 0.1) is 5.92 Å². The quantitative estimate of drug-likeness (QED) is 0.658. The number of fused-ring (bicyclic) bond motifs is 2. The lowest BCUT2D eigenvalue weighted by atomic mass is 9.92. The Hall–Kier alpha value is -3.42. The van der Waals surface area contributed by atoms with Crippen LogP contribution in [0.2, 0.25) is 0 Å². The van der Waals surface area contributed by atoms with E-state index in [0.29, 0.717) is 24.8 Å². The monoisotopic (exact) mass is 448 g/mol. The zero-order valence-electron chi connectivity index (χ0n) is 18.9. The Balaban J connectivity index is 1.35. The molecule has 4 amide bonds. The molecule has 5 rings (SSSR count). The van der Waals surface area contributed by atoms with E-state index in [1.807, 2.05) is 37.3 Å².